The third-order valence-electron chi connectivity index (χ3n) is 5.44. The van der Waals surface area contributed by atoms with E-state index in [0.29, 0.717) is 22.4 Å². The minimum absolute atomic E-state index is 0.0501. The molecule has 2 amide bonds. The van der Waals surface area contributed by atoms with E-state index in [0.717, 1.165) is 0 Å². The Morgan fingerprint density at radius 3 is 2.76 bits per heavy atom. The summed E-state index contributed by atoms with van der Waals surface area (Å²) in [5.74, 6) is -1.15. The Bertz CT molecular complexity index is 1060. The molecule has 0 bridgehead atoms. The van der Waals surface area contributed by atoms with Crippen molar-refractivity contribution in [3.05, 3.63) is 65.2 Å². The first-order chi connectivity index (χ1) is 14.0. The fourth-order valence-electron chi connectivity index (χ4n) is 4.17. The number of ether oxygens (including phenoxy) is 1. The van der Waals surface area contributed by atoms with E-state index in [1.54, 1.807) is 55.5 Å². The van der Waals surface area contributed by atoms with Crippen LogP contribution in [0.4, 0.5) is 5.69 Å². The average molecular weight is 389 g/mol. The molecule has 0 aromatic heterocycles. The second-order valence-electron chi connectivity index (χ2n) is 7.00. The van der Waals surface area contributed by atoms with Gasteiger partial charge in [-0.05, 0) is 36.8 Å². The minimum atomic E-state index is -1.48. The van der Waals surface area contributed by atoms with Crippen LogP contribution in [0.3, 0.4) is 0 Å². The Labute approximate surface area is 168 Å². The van der Waals surface area contributed by atoms with Crippen LogP contribution < -0.4 is 4.90 Å². The van der Waals surface area contributed by atoms with Crippen molar-refractivity contribution < 1.29 is 19.1 Å². The number of nitriles is 1. The molecule has 0 radical (unpaired) electrons. The van der Waals surface area contributed by atoms with Gasteiger partial charge in [-0.3, -0.25) is 14.5 Å². The van der Waals surface area contributed by atoms with Crippen LogP contribution in [-0.4, -0.2) is 34.9 Å². The van der Waals surface area contributed by atoms with Crippen LogP contribution in [0, 0.1) is 11.3 Å². The zero-order valence-corrected chi connectivity index (χ0v) is 15.9. The molecule has 7 heteroatoms. The van der Waals surface area contributed by atoms with Crippen LogP contribution in [0.2, 0.25) is 0 Å². The Kier molecular flexibility index (Phi) is 4.55. The number of fused-ring (bicyclic) bond motifs is 3. The van der Waals surface area contributed by atoms with Gasteiger partial charge < -0.3 is 9.64 Å². The van der Waals surface area contributed by atoms with E-state index in [1.165, 1.54) is 9.80 Å². The summed E-state index contributed by atoms with van der Waals surface area (Å²) in [6.07, 6.45) is 0.327. The number of anilines is 1. The summed E-state index contributed by atoms with van der Waals surface area (Å²) in [6, 6.07) is 15.6. The summed E-state index contributed by atoms with van der Waals surface area (Å²) in [6.45, 7) is 1.99. The molecule has 2 aromatic carbocycles. The first-order valence-electron chi connectivity index (χ1n) is 9.43. The standard InChI is InChI=1S/C22H19N3O4/c1-2-24-20(27)17-8-3-4-9-18(17)25-19(26)10-11-22(24,25)21(28)29-14-16-7-5-6-15(12-16)13-23/h3-9,12H,2,10-11,14H2,1H3/t22-/m0/s1. The summed E-state index contributed by atoms with van der Waals surface area (Å²) in [7, 11) is 0. The summed E-state index contributed by atoms with van der Waals surface area (Å²) in [4.78, 5) is 42.0. The molecule has 7 nitrogen and oxygen atoms in total. The van der Waals surface area contributed by atoms with Crippen LogP contribution in [0.25, 0.3) is 0 Å². The van der Waals surface area contributed by atoms with Crippen molar-refractivity contribution >= 4 is 23.5 Å². The summed E-state index contributed by atoms with van der Waals surface area (Å²) in [5.41, 5.74) is 0.480. The number of para-hydroxylation sites is 1. The van der Waals surface area contributed by atoms with Gasteiger partial charge in [0, 0.05) is 19.4 Å². The van der Waals surface area contributed by atoms with E-state index >= 15 is 0 Å². The maximum Gasteiger partial charge on any atom is 0.354 e. The molecule has 1 atom stereocenters. The number of hydrogen-bond acceptors (Lipinski definition) is 5. The third kappa shape index (κ3) is 2.76. The van der Waals surface area contributed by atoms with Crippen molar-refractivity contribution in [2.24, 2.45) is 0 Å². The van der Waals surface area contributed by atoms with Crippen molar-refractivity contribution in [3.63, 3.8) is 0 Å². The van der Waals surface area contributed by atoms with Gasteiger partial charge in [-0.1, -0.05) is 24.3 Å². The number of carbonyl (C=O) groups is 3. The number of amides is 2. The highest BCUT2D eigenvalue weighted by Gasteiger charge is 2.61. The first-order valence-corrected chi connectivity index (χ1v) is 9.43. The molecule has 4 rings (SSSR count). The van der Waals surface area contributed by atoms with Gasteiger partial charge in [0.25, 0.3) is 5.91 Å². The fraction of sp³-hybridized carbons (Fsp3) is 0.273. The van der Waals surface area contributed by atoms with Gasteiger partial charge in [-0.25, -0.2) is 4.79 Å². The van der Waals surface area contributed by atoms with Crippen molar-refractivity contribution in [2.45, 2.75) is 32.0 Å². The molecule has 0 unspecified atom stereocenters. The molecule has 2 aliphatic heterocycles. The molecule has 2 aliphatic rings. The zero-order valence-electron chi connectivity index (χ0n) is 15.9. The molecule has 2 aromatic rings. The van der Waals surface area contributed by atoms with Gasteiger partial charge in [-0.15, -0.1) is 0 Å². The smallest absolute Gasteiger partial charge is 0.354 e. The largest absolute Gasteiger partial charge is 0.458 e. The zero-order chi connectivity index (χ0) is 20.6. The van der Waals surface area contributed by atoms with E-state index in [2.05, 4.69) is 0 Å². The predicted molar refractivity (Wildman–Crippen MR) is 104 cm³/mol. The van der Waals surface area contributed by atoms with Gasteiger partial charge in [0.2, 0.25) is 11.6 Å². The maximum atomic E-state index is 13.3. The SMILES string of the molecule is CCN1C(=O)c2ccccc2N2C(=O)CC[C@]12C(=O)OCc1cccc(C#N)c1. The Balaban J connectivity index is 1.71. The average Bonchev–Trinajstić information content (AvgIpc) is 3.11. The van der Waals surface area contributed by atoms with Crippen LogP contribution >= 0.6 is 0 Å². The number of likely N-dealkylation sites (N-methyl/N-ethyl adjacent to an activating group) is 1. The lowest BCUT2D eigenvalue weighted by Gasteiger charge is -2.48. The molecular weight excluding hydrogens is 370 g/mol. The predicted octanol–water partition coefficient (Wildman–Crippen LogP) is 2.60. The summed E-state index contributed by atoms with van der Waals surface area (Å²) < 4.78 is 5.58. The van der Waals surface area contributed by atoms with Gasteiger partial charge in [0.15, 0.2) is 0 Å². The normalized spacial score (nSPS) is 20.1. The second kappa shape index (κ2) is 7.06. The Morgan fingerprint density at radius 1 is 1.21 bits per heavy atom. The second-order valence-corrected chi connectivity index (χ2v) is 7.00. The molecule has 0 N–H and O–H groups in total. The molecule has 29 heavy (non-hydrogen) atoms. The highest BCUT2D eigenvalue weighted by Crippen LogP contribution is 2.45. The number of benzene rings is 2. The number of carbonyl (C=O) groups excluding carboxylic acids is 3. The van der Waals surface area contributed by atoms with Crippen molar-refractivity contribution in [1.82, 2.24) is 4.90 Å². The van der Waals surface area contributed by atoms with E-state index < -0.39 is 11.6 Å². The van der Waals surface area contributed by atoms with Gasteiger partial charge in [0.1, 0.15) is 6.61 Å². The fourth-order valence-corrected chi connectivity index (χ4v) is 4.17. The molecule has 1 fully saturated rings. The number of hydrogen-bond donors (Lipinski definition) is 0. The van der Waals surface area contributed by atoms with Crippen LogP contribution in [-0.2, 0) is 20.9 Å². The van der Waals surface area contributed by atoms with Crippen LogP contribution in [0.1, 0.15) is 41.3 Å². The number of rotatable bonds is 4. The maximum absolute atomic E-state index is 13.3. The first kappa shape index (κ1) is 18.7. The minimum Gasteiger partial charge on any atom is -0.458 e. The van der Waals surface area contributed by atoms with E-state index in [-0.39, 0.29) is 37.8 Å². The topological polar surface area (TPSA) is 90.7 Å². The van der Waals surface area contributed by atoms with Gasteiger partial charge in [0.05, 0.1) is 22.9 Å². The van der Waals surface area contributed by atoms with Gasteiger partial charge in [-0.2, -0.15) is 5.26 Å². The Hall–Kier alpha value is -3.66. The third-order valence-corrected chi connectivity index (χ3v) is 5.44. The van der Waals surface area contributed by atoms with Crippen molar-refractivity contribution in [3.8, 4) is 6.07 Å². The van der Waals surface area contributed by atoms with Crippen LogP contribution in [0.5, 0.6) is 0 Å². The molecule has 0 spiro atoms. The van der Waals surface area contributed by atoms with Crippen molar-refractivity contribution in [2.75, 3.05) is 11.4 Å². The summed E-state index contributed by atoms with van der Waals surface area (Å²) >= 11 is 0. The van der Waals surface area contributed by atoms with Gasteiger partial charge >= 0.3 is 5.97 Å². The molecular formula is C22H19N3O4. The van der Waals surface area contributed by atoms with E-state index in [4.69, 9.17) is 10.00 Å². The lowest BCUT2D eigenvalue weighted by atomic mass is 9.96. The monoisotopic (exact) mass is 389 g/mol. The van der Waals surface area contributed by atoms with E-state index in [9.17, 15) is 14.4 Å². The number of nitrogens with zero attached hydrogens (tertiary/aromatic N) is 3. The Morgan fingerprint density at radius 2 is 2.00 bits per heavy atom. The molecule has 146 valence electrons. The summed E-state index contributed by atoms with van der Waals surface area (Å²) in [5, 5.41) is 9.04. The van der Waals surface area contributed by atoms with E-state index in [1.807, 2.05) is 6.07 Å². The number of esters is 1. The molecule has 1 saturated heterocycles. The molecule has 0 saturated carbocycles. The lowest BCUT2D eigenvalue weighted by Crippen LogP contribution is -2.68. The van der Waals surface area contributed by atoms with Crippen molar-refractivity contribution in [1.29, 1.82) is 5.26 Å². The highest BCUT2D eigenvalue weighted by molar-refractivity contribution is 6.15. The van der Waals surface area contributed by atoms with Crippen LogP contribution in [0.15, 0.2) is 48.5 Å². The lowest BCUT2D eigenvalue weighted by molar-refractivity contribution is -0.158. The highest BCUT2D eigenvalue weighted by atomic mass is 16.5. The quantitative estimate of drug-likeness (QED) is 0.750. The molecule has 0 aliphatic carbocycles. The molecule has 2 heterocycles.